The van der Waals surface area contributed by atoms with Gasteiger partial charge in [0.25, 0.3) is 0 Å². The van der Waals surface area contributed by atoms with E-state index in [0.29, 0.717) is 0 Å². The van der Waals surface area contributed by atoms with Crippen LogP contribution in [0.15, 0.2) is 28.7 Å². The van der Waals surface area contributed by atoms with Gasteiger partial charge in [-0.25, -0.2) is 0 Å². The van der Waals surface area contributed by atoms with Crippen molar-refractivity contribution >= 4 is 33.6 Å². The summed E-state index contributed by atoms with van der Waals surface area (Å²) in [7, 11) is 1.89. The number of hydrogen-bond donors (Lipinski definition) is 2. The van der Waals surface area contributed by atoms with Crippen molar-refractivity contribution in [2.24, 2.45) is 0 Å². The highest BCUT2D eigenvalue weighted by Crippen LogP contribution is 2.10. The number of hydrogen-bond acceptors (Lipinski definition) is 3. The third-order valence-corrected chi connectivity index (χ3v) is 2.01. The Balaban J connectivity index is 0.000000261. The lowest BCUT2D eigenvalue weighted by atomic mass is 10.3. The van der Waals surface area contributed by atoms with Gasteiger partial charge in [0.05, 0.1) is 0 Å². The average Bonchev–Trinajstić information content (AvgIpc) is 2.11. The van der Waals surface area contributed by atoms with Gasteiger partial charge in [-0.1, -0.05) is 27.9 Å². The van der Waals surface area contributed by atoms with Crippen molar-refractivity contribution in [1.29, 1.82) is 0 Å². The largest absolute Gasteiger partial charge is 0.399 e. The quantitative estimate of drug-likeness (QED) is 0.593. The lowest BCUT2D eigenvalue weighted by molar-refractivity contribution is 1.30. The predicted molar refractivity (Wildman–Crippen MR) is 61.1 cm³/mol. The lowest BCUT2D eigenvalue weighted by Crippen LogP contribution is -1.85. The van der Waals surface area contributed by atoms with Crippen LogP contribution in [0.25, 0.3) is 0 Å². The van der Waals surface area contributed by atoms with Gasteiger partial charge in [-0.15, -0.1) is 0 Å². The van der Waals surface area contributed by atoms with Crippen LogP contribution in [0, 0.1) is 0 Å². The number of rotatable bonds is 1. The fraction of sp³-hybridized carbons (Fsp3) is 0.250. The van der Waals surface area contributed by atoms with Crippen molar-refractivity contribution in [2.45, 2.75) is 0 Å². The molecule has 0 bridgehead atoms. The number of anilines is 1. The summed E-state index contributed by atoms with van der Waals surface area (Å²) >= 11 is 4.90. The van der Waals surface area contributed by atoms with Gasteiger partial charge < -0.3 is 5.73 Å². The molecule has 12 heavy (non-hydrogen) atoms. The minimum atomic E-state index is 0.799. The fourth-order valence-corrected chi connectivity index (χ4v) is 0.727. The monoisotopic (exact) mass is 248 g/mol. The smallest absolute Gasteiger partial charge is 0.0314 e. The van der Waals surface area contributed by atoms with Crippen molar-refractivity contribution in [3.05, 3.63) is 28.7 Å². The minimum absolute atomic E-state index is 0.799. The summed E-state index contributed by atoms with van der Waals surface area (Å²) in [5.41, 5.74) is 6.21. The van der Waals surface area contributed by atoms with E-state index in [9.17, 15) is 0 Å². The van der Waals surface area contributed by atoms with Gasteiger partial charge in [0.15, 0.2) is 0 Å². The molecule has 2 nitrogen and oxygen atoms in total. The van der Waals surface area contributed by atoms with E-state index >= 15 is 0 Å². The van der Waals surface area contributed by atoms with Crippen LogP contribution in [-0.4, -0.2) is 13.3 Å². The normalized spacial score (nSPS) is 8.58. The van der Waals surface area contributed by atoms with Crippen molar-refractivity contribution in [3.63, 3.8) is 0 Å². The van der Waals surface area contributed by atoms with Gasteiger partial charge in [0, 0.05) is 10.2 Å². The first kappa shape index (κ1) is 11.8. The minimum Gasteiger partial charge on any atom is -0.399 e. The number of nitrogens with two attached hydrogens (primary N) is 1. The van der Waals surface area contributed by atoms with Gasteiger partial charge in [0.1, 0.15) is 0 Å². The molecule has 0 aliphatic heterocycles. The predicted octanol–water partition coefficient (Wildman–Crippen LogP) is 2.52. The second-order valence-corrected chi connectivity index (χ2v) is 3.69. The zero-order valence-electron chi connectivity index (χ0n) is 7.17. The van der Waals surface area contributed by atoms with Crippen LogP contribution in [0.1, 0.15) is 0 Å². The molecule has 0 amide bonds. The molecule has 0 spiro atoms. The Hall–Kier alpha value is -0.190. The molecule has 3 N–H and O–H groups in total. The molecule has 0 atom stereocenters. The van der Waals surface area contributed by atoms with Crippen molar-refractivity contribution < 1.29 is 0 Å². The van der Waals surface area contributed by atoms with Gasteiger partial charge in [0.2, 0.25) is 0 Å². The summed E-state index contributed by atoms with van der Waals surface area (Å²) in [5, 5.41) is 0. The molecule has 68 valence electrons. The maximum Gasteiger partial charge on any atom is 0.0314 e. The van der Waals surface area contributed by atoms with Crippen LogP contribution in [0.2, 0.25) is 0 Å². The molecular weight excluding hydrogens is 236 g/mol. The molecule has 0 aliphatic carbocycles. The molecule has 0 fully saturated rings. The maximum atomic E-state index is 5.41. The first-order chi connectivity index (χ1) is 5.70. The molecule has 0 unspecified atom stereocenters. The van der Waals surface area contributed by atoms with Gasteiger partial charge in [-0.05, 0) is 37.6 Å². The Morgan fingerprint density at radius 1 is 1.33 bits per heavy atom. The molecule has 0 saturated heterocycles. The van der Waals surface area contributed by atoms with Crippen LogP contribution < -0.4 is 10.5 Å². The maximum absolute atomic E-state index is 5.41. The van der Waals surface area contributed by atoms with Crippen LogP contribution in [0.3, 0.4) is 0 Å². The number of benzene rings is 1. The highest BCUT2D eigenvalue weighted by atomic mass is 79.9. The first-order valence-corrected chi connectivity index (χ1v) is 5.43. The van der Waals surface area contributed by atoms with Crippen molar-refractivity contribution in [1.82, 2.24) is 4.72 Å². The molecule has 0 radical (unpaired) electrons. The Kier molecular flexibility index (Phi) is 7.34. The van der Waals surface area contributed by atoms with E-state index < -0.39 is 0 Å². The third kappa shape index (κ3) is 6.52. The standard InChI is InChI=1S/C6H6BrN.C2H7NS/c7-5-1-3-6(8)4-2-5;1-3-4-2/h1-4H,8H2;3H,1-2H3. The first-order valence-electron chi connectivity index (χ1n) is 3.41. The summed E-state index contributed by atoms with van der Waals surface area (Å²) in [6.45, 7) is 0. The van der Waals surface area contributed by atoms with Crippen LogP contribution in [0.5, 0.6) is 0 Å². The second-order valence-electron chi connectivity index (χ2n) is 1.96. The topological polar surface area (TPSA) is 38.0 Å². The molecule has 1 aromatic carbocycles. The summed E-state index contributed by atoms with van der Waals surface area (Å²) in [4.78, 5) is 0. The molecular formula is C8H13BrN2S. The molecule has 0 aliphatic rings. The highest BCUT2D eigenvalue weighted by molar-refractivity contribution is 9.10. The van der Waals surface area contributed by atoms with E-state index in [0.717, 1.165) is 10.2 Å². The van der Waals surface area contributed by atoms with E-state index in [1.165, 1.54) is 0 Å². The molecule has 4 heteroatoms. The van der Waals surface area contributed by atoms with E-state index in [1.54, 1.807) is 11.9 Å². The summed E-state index contributed by atoms with van der Waals surface area (Å²) in [5.74, 6) is 0. The Bertz CT molecular complexity index is 178. The van der Waals surface area contributed by atoms with Crippen molar-refractivity contribution in [3.8, 4) is 0 Å². The van der Waals surface area contributed by atoms with E-state index in [-0.39, 0.29) is 0 Å². The third-order valence-electron chi connectivity index (χ3n) is 1.07. The Morgan fingerprint density at radius 3 is 2.00 bits per heavy atom. The van der Waals surface area contributed by atoms with Crippen LogP contribution in [0.4, 0.5) is 5.69 Å². The van der Waals surface area contributed by atoms with E-state index in [1.807, 2.05) is 37.6 Å². The Labute approximate surface area is 86.2 Å². The SMILES string of the molecule is CNSC.Nc1ccc(Br)cc1. The van der Waals surface area contributed by atoms with E-state index in [2.05, 4.69) is 20.7 Å². The molecule has 1 aromatic rings. The average molecular weight is 249 g/mol. The molecule has 0 aromatic heterocycles. The number of halogens is 1. The molecule has 0 heterocycles. The second kappa shape index (κ2) is 7.46. The van der Waals surface area contributed by atoms with Crippen molar-refractivity contribution in [2.75, 3.05) is 19.0 Å². The van der Waals surface area contributed by atoms with Gasteiger partial charge in [-0.2, -0.15) is 0 Å². The highest BCUT2D eigenvalue weighted by Gasteiger charge is 1.81. The Morgan fingerprint density at radius 2 is 1.75 bits per heavy atom. The molecule has 0 saturated carbocycles. The zero-order chi connectivity index (χ0) is 9.40. The van der Waals surface area contributed by atoms with Gasteiger partial charge in [-0.3, -0.25) is 4.72 Å². The fourth-order valence-electron chi connectivity index (χ4n) is 0.463. The molecule has 1 rings (SSSR count). The summed E-state index contributed by atoms with van der Waals surface area (Å²) in [6, 6.07) is 7.53. The van der Waals surface area contributed by atoms with E-state index in [4.69, 9.17) is 5.73 Å². The van der Waals surface area contributed by atoms with Crippen LogP contribution >= 0.6 is 27.9 Å². The summed E-state index contributed by atoms with van der Waals surface area (Å²) < 4.78 is 3.91. The van der Waals surface area contributed by atoms with Gasteiger partial charge >= 0.3 is 0 Å². The lowest BCUT2D eigenvalue weighted by Gasteiger charge is -1.88. The number of nitrogen functional groups attached to an aromatic ring is 1. The van der Waals surface area contributed by atoms with Crippen LogP contribution in [-0.2, 0) is 0 Å². The zero-order valence-corrected chi connectivity index (χ0v) is 9.58. The summed E-state index contributed by atoms with van der Waals surface area (Å²) in [6.07, 6.45) is 1.99. The number of nitrogens with one attached hydrogen (secondary N) is 1.